The van der Waals surface area contributed by atoms with Gasteiger partial charge in [-0.1, -0.05) is 104 Å². The summed E-state index contributed by atoms with van der Waals surface area (Å²) in [6.45, 7) is 11.6. The van der Waals surface area contributed by atoms with Crippen LogP contribution >= 0.6 is 15.8 Å². The summed E-state index contributed by atoms with van der Waals surface area (Å²) in [7, 11) is -1.08. The first-order chi connectivity index (χ1) is 16.0. The summed E-state index contributed by atoms with van der Waals surface area (Å²) in [6, 6.07) is 36.3. The topological polar surface area (TPSA) is 0 Å². The molecule has 0 spiro atoms. The zero-order valence-corrected chi connectivity index (χ0v) is 22.2. The Morgan fingerprint density at radius 1 is 0.455 bits per heavy atom. The van der Waals surface area contributed by atoms with E-state index in [0.717, 1.165) is 6.42 Å². The Hall–Kier alpha value is -2.26. The Bertz CT molecular complexity index is 1040. The predicted octanol–water partition coefficient (Wildman–Crippen LogP) is 7.22. The van der Waals surface area contributed by atoms with Crippen LogP contribution in [0.4, 0.5) is 0 Å². The average molecular weight is 469 g/mol. The smallest absolute Gasteiger partial charge is 0.0152 e. The maximum atomic E-state index is 2.41. The summed E-state index contributed by atoms with van der Waals surface area (Å²) in [4.78, 5) is 0. The summed E-state index contributed by atoms with van der Waals surface area (Å²) in [6.07, 6.45) is 1.16. The monoisotopic (exact) mass is 468 g/mol. The number of rotatable bonds is 7. The minimum atomic E-state index is -0.539. The molecule has 0 aliphatic rings. The standard InChI is InChI=1S/C31H34P2/c1-6-31(32(27-19-11-7-15-23(27)2)28-20-12-8-16-24(28)3)33(29-21-13-9-17-25(29)4)30-22-14-10-18-26(30)5/h7-22,31H,6H2,1-5H3. The van der Waals surface area contributed by atoms with E-state index >= 15 is 0 Å². The van der Waals surface area contributed by atoms with Gasteiger partial charge in [0.15, 0.2) is 0 Å². The van der Waals surface area contributed by atoms with Crippen molar-refractivity contribution in [1.29, 1.82) is 0 Å². The molecule has 168 valence electrons. The molecule has 0 nitrogen and oxygen atoms in total. The van der Waals surface area contributed by atoms with Gasteiger partial charge >= 0.3 is 0 Å². The van der Waals surface area contributed by atoms with Gasteiger partial charge in [0.05, 0.1) is 0 Å². The Morgan fingerprint density at radius 2 is 0.697 bits per heavy atom. The molecule has 33 heavy (non-hydrogen) atoms. The van der Waals surface area contributed by atoms with Gasteiger partial charge in [0.25, 0.3) is 0 Å². The van der Waals surface area contributed by atoms with Gasteiger partial charge in [0, 0.05) is 5.40 Å². The fraction of sp³-hybridized carbons (Fsp3) is 0.226. The quantitative estimate of drug-likeness (QED) is 0.251. The van der Waals surface area contributed by atoms with Crippen molar-refractivity contribution in [2.75, 3.05) is 0 Å². The summed E-state index contributed by atoms with van der Waals surface area (Å²) in [5, 5.41) is 6.68. The first-order valence-electron chi connectivity index (χ1n) is 11.8. The van der Waals surface area contributed by atoms with E-state index in [1.54, 1.807) is 0 Å². The molecule has 0 saturated heterocycles. The van der Waals surface area contributed by atoms with Gasteiger partial charge in [0.1, 0.15) is 0 Å². The Morgan fingerprint density at radius 3 is 0.909 bits per heavy atom. The molecule has 0 aliphatic carbocycles. The summed E-state index contributed by atoms with van der Waals surface area (Å²) in [5.41, 5.74) is 5.65. The zero-order chi connectivity index (χ0) is 23.4. The van der Waals surface area contributed by atoms with Crippen molar-refractivity contribution in [3.8, 4) is 0 Å². The normalized spacial score (nSPS) is 11.5. The molecule has 0 N–H and O–H groups in total. The number of hydrogen-bond donors (Lipinski definition) is 0. The third-order valence-electron chi connectivity index (χ3n) is 6.46. The molecule has 4 aromatic carbocycles. The number of aryl methyl sites for hydroxylation is 4. The molecule has 0 heterocycles. The molecule has 0 unspecified atom stereocenters. The van der Waals surface area contributed by atoms with Crippen molar-refractivity contribution in [2.45, 2.75) is 46.4 Å². The van der Waals surface area contributed by atoms with E-state index in [0.29, 0.717) is 5.40 Å². The third-order valence-corrected chi connectivity index (χ3v) is 13.9. The van der Waals surface area contributed by atoms with Crippen molar-refractivity contribution in [1.82, 2.24) is 0 Å². The van der Waals surface area contributed by atoms with Crippen LogP contribution in [0.1, 0.15) is 35.6 Å². The van der Waals surface area contributed by atoms with E-state index in [4.69, 9.17) is 0 Å². The second-order valence-electron chi connectivity index (χ2n) is 8.77. The van der Waals surface area contributed by atoms with Crippen LogP contribution in [0.2, 0.25) is 0 Å². The lowest BCUT2D eigenvalue weighted by Crippen LogP contribution is -2.30. The molecule has 0 radical (unpaired) electrons. The molecular weight excluding hydrogens is 434 g/mol. The van der Waals surface area contributed by atoms with Crippen molar-refractivity contribution >= 4 is 37.1 Å². The Balaban J connectivity index is 2.00. The van der Waals surface area contributed by atoms with Crippen LogP contribution in [-0.2, 0) is 0 Å². The van der Waals surface area contributed by atoms with Crippen LogP contribution in [0.3, 0.4) is 0 Å². The van der Waals surface area contributed by atoms with Gasteiger partial charge in [-0.05, 0) is 93.4 Å². The summed E-state index contributed by atoms with van der Waals surface area (Å²) in [5.74, 6) is 0. The molecule has 0 saturated carbocycles. The molecule has 4 aromatic rings. The van der Waals surface area contributed by atoms with Gasteiger partial charge in [-0.3, -0.25) is 0 Å². The molecule has 2 heteroatoms. The van der Waals surface area contributed by atoms with E-state index in [2.05, 4.69) is 132 Å². The van der Waals surface area contributed by atoms with Gasteiger partial charge in [-0.25, -0.2) is 0 Å². The minimum absolute atomic E-state index is 0.539. The van der Waals surface area contributed by atoms with Gasteiger partial charge < -0.3 is 0 Å². The van der Waals surface area contributed by atoms with E-state index in [9.17, 15) is 0 Å². The molecule has 0 amide bonds. The van der Waals surface area contributed by atoms with Gasteiger partial charge in [0.2, 0.25) is 0 Å². The first-order valence-corrected chi connectivity index (χ1v) is 14.7. The molecule has 0 fully saturated rings. The van der Waals surface area contributed by atoms with Crippen LogP contribution in [0.5, 0.6) is 0 Å². The maximum Gasteiger partial charge on any atom is 0.0152 e. The van der Waals surface area contributed by atoms with Crippen LogP contribution in [0, 0.1) is 27.7 Å². The second kappa shape index (κ2) is 10.8. The van der Waals surface area contributed by atoms with E-state index < -0.39 is 15.8 Å². The van der Waals surface area contributed by atoms with E-state index in [1.165, 1.54) is 43.5 Å². The molecule has 0 atom stereocenters. The average Bonchev–Trinajstić information content (AvgIpc) is 2.82. The van der Waals surface area contributed by atoms with E-state index in [-0.39, 0.29) is 0 Å². The molecular formula is C31H34P2. The molecule has 4 rings (SSSR count). The van der Waals surface area contributed by atoms with Crippen LogP contribution in [0.25, 0.3) is 0 Å². The number of benzene rings is 4. The van der Waals surface area contributed by atoms with Crippen molar-refractivity contribution in [2.24, 2.45) is 0 Å². The highest BCUT2D eigenvalue weighted by molar-refractivity contribution is 7.89. The minimum Gasteiger partial charge on any atom is -0.0644 e. The first kappa shape index (κ1) is 23.9. The fourth-order valence-corrected chi connectivity index (χ4v) is 12.5. The van der Waals surface area contributed by atoms with Crippen LogP contribution in [-0.4, -0.2) is 5.40 Å². The SMILES string of the molecule is CCC(P(c1ccccc1C)c1ccccc1C)P(c1ccccc1C)c1ccccc1C. The van der Waals surface area contributed by atoms with Crippen LogP contribution < -0.4 is 21.2 Å². The lowest BCUT2D eigenvalue weighted by molar-refractivity contribution is 1.04. The van der Waals surface area contributed by atoms with Crippen molar-refractivity contribution in [3.63, 3.8) is 0 Å². The van der Waals surface area contributed by atoms with Crippen molar-refractivity contribution < 1.29 is 0 Å². The van der Waals surface area contributed by atoms with Gasteiger partial charge in [-0.2, -0.15) is 0 Å². The maximum absolute atomic E-state index is 2.41. The predicted molar refractivity (Wildman–Crippen MR) is 151 cm³/mol. The van der Waals surface area contributed by atoms with Crippen molar-refractivity contribution in [3.05, 3.63) is 119 Å². The largest absolute Gasteiger partial charge is 0.0644 e. The highest BCUT2D eigenvalue weighted by atomic mass is 31.2. The lowest BCUT2D eigenvalue weighted by atomic mass is 10.2. The zero-order valence-electron chi connectivity index (χ0n) is 20.4. The van der Waals surface area contributed by atoms with Gasteiger partial charge in [-0.15, -0.1) is 0 Å². The fourth-order valence-electron chi connectivity index (χ4n) is 4.72. The Kier molecular flexibility index (Phi) is 7.80. The number of hydrogen-bond acceptors (Lipinski definition) is 0. The van der Waals surface area contributed by atoms with Crippen LogP contribution in [0.15, 0.2) is 97.1 Å². The summed E-state index contributed by atoms with van der Waals surface area (Å²) < 4.78 is 0. The molecule has 0 bridgehead atoms. The van der Waals surface area contributed by atoms with E-state index in [1.807, 2.05) is 0 Å². The Labute approximate surface area is 202 Å². The lowest BCUT2D eigenvalue weighted by Gasteiger charge is -2.37. The molecule has 0 aliphatic heterocycles. The second-order valence-corrected chi connectivity index (χ2v) is 13.8. The highest BCUT2D eigenvalue weighted by Crippen LogP contribution is 2.58. The molecule has 0 aromatic heterocycles. The highest BCUT2D eigenvalue weighted by Gasteiger charge is 2.34. The third kappa shape index (κ3) is 4.99. The summed E-state index contributed by atoms with van der Waals surface area (Å²) >= 11 is 0.